The highest BCUT2D eigenvalue weighted by molar-refractivity contribution is 6.07. The average molecular weight is 278 g/mol. The summed E-state index contributed by atoms with van der Waals surface area (Å²) in [7, 11) is 0. The molecule has 104 valence electrons. The molecule has 21 heavy (non-hydrogen) atoms. The van der Waals surface area contributed by atoms with Crippen molar-refractivity contribution in [3.05, 3.63) is 89.9 Å². The summed E-state index contributed by atoms with van der Waals surface area (Å²) in [5.74, 6) is 0.942. The number of carbonyl (C=O) groups excluding carboxylic acids is 1. The van der Waals surface area contributed by atoms with Crippen LogP contribution in [0.3, 0.4) is 0 Å². The minimum absolute atomic E-state index is 0.130. The van der Waals surface area contributed by atoms with Crippen LogP contribution >= 0.6 is 0 Å². The van der Waals surface area contributed by atoms with Crippen molar-refractivity contribution in [2.45, 2.75) is 6.61 Å². The fourth-order valence-corrected chi connectivity index (χ4v) is 1.99. The van der Waals surface area contributed by atoms with Gasteiger partial charge >= 0.3 is 0 Å². The smallest absolute Gasteiger partial charge is 0.228 e. The van der Waals surface area contributed by atoms with Crippen LogP contribution in [0, 0.1) is 0 Å². The first-order chi connectivity index (χ1) is 10.3. The van der Waals surface area contributed by atoms with E-state index in [1.54, 1.807) is 36.4 Å². The van der Waals surface area contributed by atoms with Gasteiger partial charge in [-0.05, 0) is 42.0 Å². The monoisotopic (exact) mass is 278 g/mol. The first-order valence-corrected chi connectivity index (χ1v) is 6.68. The normalized spacial score (nSPS) is 10.3. The van der Waals surface area contributed by atoms with E-state index in [0.717, 1.165) is 11.3 Å². The molecule has 3 aromatic rings. The summed E-state index contributed by atoms with van der Waals surface area (Å²) in [6, 6.07) is 20.4. The van der Waals surface area contributed by atoms with E-state index in [-0.39, 0.29) is 5.78 Å². The molecule has 2 aromatic carbocycles. The maximum absolute atomic E-state index is 12.1. The van der Waals surface area contributed by atoms with Gasteiger partial charge in [0.1, 0.15) is 12.4 Å². The van der Waals surface area contributed by atoms with Crippen molar-refractivity contribution in [3.63, 3.8) is 0 Å². The van der Waals surface area contributed by atoms with Crippen LogP contribution in [0.1, 0.15) is 21.7 Å². The quantitative estimate of drug-likeness (QED) is 0.660. The van der Waals surface area contributed by atoms with Crippen LogP contribution in [0.4, 0.5) is 0 Å². The zero-order chi connectivity index (χ0) is 14.5. The third-order valence-corrected chi connectivity index (χ3v) is 3.11. The summed E-state index contributed by atoms with van der Waals surface area (Å²) in [6.07, 6.45) is 1.49. The number of benzene rings is 2. The number of hydrogen-bond donors (Lipinski definition) is 0. The zero-order valence-electron chi connectivity index (χ0n) is 11.4. The summed E-state index contributed by atoms with van der Waals surface area (Å²) < 4.78 is 10.8. The minimum atomic E-state index is -0.130. The van der Waals surface area contributed by atoms with Crippen LogP contribution in [-0.4, -0.2) is 5.78 Å². The lowest BCUT2D eigenvalue weighted by Crippen LogP contribution is -2.00. The molecule has 0 saturated heterocycles. The second kappa shape index (κ2) is 6.09. The SMILES string of the molecule is O=C(c1ccc(OCc2ccccc2)cc1)c1ccco1. The Hall–Kier alpha value is -2.81. The molecule has 0 radical (unpaired) electrons. The Morgan fingerprint density at radius 1 is 0.905 bits per heavy atom. The van der Waals surface area contributed by atoms with Crippen molar-refractivity contribution in [2.75, 3.05) is 0 Å². The van der Waals surface area contributed by atoms with Gasteiger partial charge in [0.05, 0.1) is 6.26 Å². The molecule has 1 aromatic heterocycles. The Bertz CT molecular complexity index is 698. The second-order valence-corrected chi connectivity index (χ2v) is 4.61. The van der Waals surface area contributed by atoms with Gasteiger partial charge in [0.2, 0.25) is 5.78 Å². The molecule has 0 saturated carbocycles. The molecular weight excluding hydrogens is 264 g/mol. The molecule has 3 rings (SSSR count). The van der Waals surface area contributed by atoms with E-state index in [9.17, 15) is 4.79 Å². The maximum atomic E-state index is 12.1. The number of carbonyl (C=O) groups is 1. The van der Waals surface area contributed by atoms with Gasteiger partial charge < -0.3 is 9.15 Å². The molecule has 0 fully saturated rings. The van der Waals surface area contributed by atoms with Crippen molar-refractivity contribution in [1.82, 2.24) is 0 Å². The maximum Gasteiger partial charge on any atom is 0.228 e. The summed E-state index contributed by atoms with van der Waals surface area (Å²) in [5.41, 5.74) is 1.69. The van der Waals surface area contributed by atoms with Crippen molar-refractivity contribution in [2.24, 2.45) is 0 Å². The van der Waals surface area contributed by atoms with Crippen molar-refractivity contribution < 1.29 is 13.9 Å². The molecular formula is C18H14O3. The van der Waals surface area contributed by atoms with Gasteiger partial charge in [0.15, 0.2) is 5.76 Å². The Balaban J connectivity index is 1.66. The molecule has 0 aliphatic carbocycles. The molecule has 0 spiro atoms. The van der Waals surface area contributed by atoms with E-state index in [2.05, 4.69) is 0 Å². The fourth-order valence-electron chi connectivity index (χ4n) is 1.99. The van der Waals surface area contributed by atoms with Gasteiger partial charge in [-0.3, -0.25) is 4.79 Å². The van der Waals surface area contributed by atoms with E-state index in [0.29, 0.717) is 17.9 Å². The van der Waals surface area contributed by atoms with Gasteiger partial charge in [-0.2, -0.15) is 0 Å². The predicted molar refractivity (Wildman–Crippen MR) is 79.4 cm³/mol. The number of ketones is 1. The zero-order valence-corrected chi connectivity index (χ0v) is 11.4. The van der Waals surface area contributed by atoms with Gasteiger partial charge in [-0.1, -0.05) is 30.3 Å². The molecule has 0 aliphatic rings. The van der Waals surface area contributed by atoms with Crippen LogP contribution in [0.25, 0.3) is 0 Å². The Labute approximate surface area is 122 Å². The largest absolute Gasteiger partial charge is 0.489 e. The van der Waals surface area contributed by atoms with E-state index in [1.165, 1.54) is 6.26 Å². The molecule has 1 heterocycles. The molecule has 0 unspecified atom stereocenters. The lowest BCUT2D eigenvalue weighted by Gasteiger charge is -2.06. The highest BCUT2D eigenvalue weighted by Gasteiger charge is 2.11. The highest BCUT2D eigenvalue weighted by atomic mass is 16.5. The topological polar surface area (TPSA) is 39.4 Å². The van der Waals surface area contributed by atoms with Crippen LogP contribution in [-0.2, 0) is 6.61 Å². The predicted octanol–water partition coefficient (Wildman–Crippen LogP) is 4.09. The molecule has 0 bridgehead atoms. The van der Waals surface area contributed by atoms with Crippen molar-refractivity contribution in [1.29, 1.82) is 0 Å². The van der Waals surface area contributed by atoms with Crippen LogP contribution in [0.2, 0.25) is 0 Å². The molecule has 0 N–H and O–H groups in total. The number of furan rings is 1. The highest BCUT2D eigenvalue weighted by Crippen LogP contribution is 2.17. The summed E-state index contributed by atoms with van der Waals surface area (Å²) in [5, 5.41) is 0. The number of hydrogen-bond acceptors (Lipinski definition) is 3. The van der Waals surface area contributed by atoms with E-state index < -0.39 is 0 Å². The molecule has 0 aliphatic heterocycles. The van der Waals surface area contributed by atoms with Gasteiger partial charge in [0.25, 0.3) is 0 Å². The summed E-state index contributed by atoms with van der Waals surface area (Å²) in [6.45, 7) is 0.506. The van der Waals surface area contributed by atoms with Crippen molar-refractivity contribution in [3.8, 4) is 5.75 Å². The molecule has 3 nitrogen and oxygen atoms in total. The van der Waals surface area contributed by atoms with Gasteiger partial charge in [-0.25, -0.2) is 0 Å². The summed E-state index contributed by atoms with van der Waals surface area (Å²) >= 11 is 0. The van der Waals surface area contributed by atoms with Crippen LogP contribution in [0.5, 0.6) is 5.75 Å². The van der Waals surface area contributed by atoms with Crippen molar-refractivity contribution >= 4 is 5.78 Å². The lowest BCUT2D eigenvalue weighted by atomic mass is 10.1. The Morgan fingerprint density at radius 2 is 1.67 bits per heavy atom. The average Bonchev–Trinajstić information content (AvgIpc) is 3.08. The molecule has 0 amide bonds. The molecule has 3 heteroatoms. The third kappa shape index (κ3) is 3.20. The van der Waals surface area contributed by atoms with Crippen LogP contribution in [0.15, 0.2) is 77.4 Å². The van der Waals surface area contributed by atoms with Gasteiger partial charge in [-0.15, -0.1) is 0 Å². The first-order valence-electron chi connectivity index (χ1n) is 6.68. The van der Waals surface area contributed by atoms with Gasteiger partial charge in [0, 0.05) is 5.56 Å². The number of rotatable bonds is 5. The summed E-state index contributed by atoms with van der Waals surface area (Å²) in [4.78, 5) is 12.1. The second-order valence-electron chi connectivity index (χ2n) is 4.61. The minimum Gasteiger partial charge on any atom is -0.489 e. The lowest BCUT2D eigenvalue weighted by molar-refractivity contribution is 0.101. The number of ether oxygens (including phenoxy) is 1. The van der Waals surface area contributed by atoms with E-state index >= 15 is 0 Å². The van der Waals surface area contributed by atoms with E-state index in [4.69, 9.17) is 9.15 Å². The molecule has 0 atom stereocenters. The fraction of sp³-hybridized carbons (Fsp3) is 0.0556. The standard InChI is InChI=1S/C18H14O3/c19-18(17-7-4-12-20-17)15-8-10-16(11-9-15)21-13-14-5-2-1-3-6-14/h1-12H,13H2. The first kappa shape index (κ1) is 13.2. The third-order valence-electron chi connectivity index (χ3n) is 3.11. The Kier molecular flexibility index (Phi) is 3.83. The van der Waals surface area contributed by atoms with Crippen LogP contribution < -0.4 is 4.74 Å². The Morgan fingerprint density at radius 3 is 2.33 bits per heavy atom. The van der Waals surface area contributed by atoms with E-state index in [1.807, 2.05) is 30.3 Å².